The molecule has 5 nitrogen and oxygen atoms in total. The zero-order chi connectivity index (χ0) is 22.1. The average Bonchev–Trinajstić information content (AvgIpc) is 3.24. The maximum atomic E-state index is 15.3. The molecule has 0 radical (unpaired) electrons. The smallest absolute Gasteiger partial charge is 0.194 e. The third-order valence-electron chi connectivity index (χ3n) is 4.93. The van der Waals surface area contributed by atoms with Crippen LogP contribution in [0.3, 0.4) is 0 Å². The summed E-state index contributed by atoms with van der Waals surface area (Å²) in [6.45, 7) is 0.0317. The van der Waals surface area contributed by atoms with E-state index in [-0.39, 0.29) is 23.3 Å². The van der Waals surface area contributed by atoms with Crippen molar-refractivity contribution in [3.05, 3.63) is 101 Å². The first-order valence-corrected chi connectivity index (χ1v) is 10.1. The number of hydrogen-bond donors (Lipinski definition) is 0. The fourth-order valence-corrected chi connectivity index (χ4v) is 3.46. The molecule has 3 aromatic carbocycles. The van der Waals surface area contributed by atoms with E-state index in [1.54, 1.807) is 18.3 Å². The molecule has 2 heterocycles. The van der Waals surface area contributed by atoms with Gasteiger partial charge in [0.1, 0.15) is 12.1 Å². The fourth-order valence-electron chi connectivity index (χ4n) is 3.34. The van der Waals surface area contributed by atoms with E-state index in [4.69, 9.17) is 16.3 Å². The summed E-state index contributed by atoms with van der Waals surface area (Å²) in [5.74, 6) is -1.82. The van der Waals surface area contributed by atoms with Crippen molar-refractivity contribution < 1.29 is 13.5 Å². The van der Waals surface area contributed by atoms with Crippen molar-refractivity contribution in [2.75, 3.05) is 0 Å². The van der Waals surface area contributed by atoms with Crippen molar-refractivity contribution in [3.8, 4) is 22.8 Å². The van der Waals surface area contributed by atoms with E-state index in [1.165, 1.54) is 23.1 Å². The van der Waals surface area contributed by atoms with Crippen LogP contribution in [0, 0.1) is 11.6 Å². The van der Waals surface area contributed by atoms with Crippen molar-refractivity contribution >= 4 is 22.5 Å². The lowest BCUT2D eigenvalue weighted by atomic mass is 10.2. The van der Waals surface area contributed by atoms with E-state index >= 15 is 4.39 Å². The van der Waals surface area contributed by atoms with Gasteiger partial charge in [-0.25, -0.2) is 18.4 Å². The summed E-state index contributed by atoms with van der Waals surface area (Å²) in [7, 11) is 0. The van der Waals surface area contributed by atoms with E-state index in [9.17, 15) is 4.39 Å². The summed E-state index contributed by atoms with van der Waals surface area (Å²) in [5, 5.41) is 5.08. The van der Waals surface area contributed by atoms with Gasteiger partial charge in [-0.15, -0.1) is 0 Å². The number of nitrogens with zero attached hydrogens (tertiary/aromatic N) is 4. The predicted octanol–water partition coefficient (Wildman–Crippen LogP) is 5.99. The lowest BCUT2D eigenvalue weighted by Gasteiger charge is -2.11. The van der Waals surface area contributed by atoms with E-state index in [1.807, 2.05) is 42.5 Å². The SMILES string of the molecule is Fc1cc2cnn(-c3cnc(-c4ccc(Cl)cc4)cn3)c2c(F)c1OCc1ccccc1. The highest BCUT2D eigenvalue weighted by molar-refractivity contribution is 6.30. The van der Waals surface area contributed by atoms with Gasteiger partial charge in [-0.2, -0.15) is 5.10 Å². The van der Waals surface area contributed by atoms with Crippen molar-refractivity contribution in [1.29, 1.82) is 0 Å². The van der Waals surface area contributed by atoms with Crippen LogP contribution >= 0.6 is 11.6 Å². The Balaban J connectivity index is 1.50. The summed E-state index contributed by atoms with van der Waals surface area (Å²) in [6, 6.07) is 17.5. The van der Waals surface area contributed by atoms with Crippen LogP contribution in [-0.2, 0) is 6.61 Å². The van der Waals surface area contributed by atoms with Gasteiger partial charge in [0, 0.05) is 16.0 Å². The highest BCUT2D eigenvalue weighted by atomic mass is 35.5. The summed E-state index contributed by atoms with van der Waals surface area (Å²) < 4.78 is 36.6. The number of benzene rings is 3. The van der Waals surface area contributed by atoms with Gasteiger partial charge in [0.05, 0.1) is 24.3 Å². The maximum Gasteiger partial charge on any atom is 0.194 e. The molecule has 0 fully saturated rings. The van der Waals surface area contributed by atoms with Crippen LogP contribution in [0.4, 0.5) is 8.78 Å². The zero-order valence-electron chi connectivity index (χ0n) is 16.5. The second-order valence-electron chi connectivity index (χ2n) is 7.04. The largest absolute Gasteiger partial charge is 0.483 e. The molecule has 0 saturated heterocycles. The maximum absolute atomic E-state index is 15.3. The van der Waals surface area contributed by atoms with Crippen LogP contribution < -0.4 is 4.74 Å². The Kier molecular flexibility index (Phi) is 5.25. The van der Waals surface area contributed by atoms with E-state index in [0.29, 0.717) is 10.7 Å². The number of rotatable bonds is 5. The standard InChI is InChI=1S/C24H15ClF2N4O/c25-18-8-6-16(7-9-18)20-12-29-21(13-28-20)31-23-17(11-30-31)10-19(26)24(22(23)27)32-14-15-4-2-1-3-5-15/h1-13H,14H2. The topological polar surface area (TPSA) is 52.8 Å². The third kappa shape index (κ3) is 3.78. The fraction of sp³-hybridized carbons (Fsp3) is 0.0417. The molecule has 0 amide bonds. The molecule has 0 N–H and O–H groups in total. The Morgan fingerprint density at radius 3 is 2.41 bits per heavy atom. The minimum Gasteiger partial charge on any atom is -0.483 e. The lowest BCUT2D eigenvalue weighted by Crippen LogP contribution is -2.05. The molecular formula is C24H15ClF2N4O. The molecule has 0 aliphatic rings. The Labute approximate surface area is 186 Å². The Hall–Kier alpha value is -3.84. The molecule has 0 saturated carbocycles. The predicted molar refractivity (Wildman–Crippen MR) is 118 cm³/mol. The summed E-state index contributed by atoms with van der Waals surface area (Å²) in [4.78, 5) is 8.75. The second-order valence-corrected chi connectivity index (χ2v) is 7.47. The van der Waals surface area contributed by atoms with E-state index in [0.717, 1.165) is 11.1 Å². The molecule has 5 rings (SSSR count). The van der Waals surface area contributed by atoms with Gasteiger partial charge in [0.25, 0.3) is 0 Å². The Bertz CT molecular complexity index is 1390. The van der Waals surface area contributed by atoms with Gasteiger partial charge in [-0.05, 0) is 23.8 Å². The Morgan fingerprint density at radius 2 is 1.69 bits per heavy atom. The van der Waals surface area contributed by atoms with E-state index < -0.39 is 17.4 Å². The van der Waals surface area contributed by atoms with Crippen LogP contribution in [0.15, 0.2) is 79.3 Å². The molecule has 8 heteroatoms. The monoisotopic (exact) mass is 448 g/mol. The molecule has 0 aliphatic carbocycles. The van der Waals surface area contributed by atoms with Gasteiger partial charge in [-0.3, -0.25) is 4.98 Å². The molecule has 0 bridgehead atoms. The molecular weight excluding hydrogens is 434 g/mol. The van der Waals surface area contributed by atoms with Gasteiger partial charge in [0.15, 0.2) is 23.2 Å². The highest BCUT2D eigenvalue weighted by Crippen LogP contribution is 2.31. The zero-order valence-corrected chi connectivity index (χ0v) is 17.3. The number of aromatic nitrogens is 4. The number of hydrogen-bond acceptors (Lipinski definition) is 4. The van der Waals surface area contributed by atoms with Crippen LogP contribution in [-0.4, -0.2) is 19.7 Å². The second kappa shape index (κ2) is 8.36. The third-order valence-corrected chi connectivity index (χ3v) is 5.18. The number of fused-ring (bicyclic) bond motifs is 1. The van der Waals surface area contributed by atoms with Crippen LogP contribution in [0.5, 0.6) is 5.75 Å². The first-order chi connectivity index (χ1) is 15.6. The molecule has 0 atom stereocenters. The highest BCUT2D eigenvalue weighted by Gasteiger charge is 2.20. The van der Waals surface area contributed by atoms with Crippen molar-refractivity contribution in [2.45, 2.75) is 6.61 Å². The molecule has 0 spiro atoms. The van der Waals surface area contributed by atoms with Crippen molar-refractivity contribution in [1.82, 2.24) is 19.7 Å². The molecule has 0 aliphatic heterocycles. The van der Waals surface area contributed by atoms with Crippen LogP contribution in [0.2, 0.25) is 5.02 Å². The van der Waals surface area contributed by atoms with Gasteiger partial charge in [-0.1, -0.05) is 54.1 Å². The van der Waals surface area contributed by atoms with Gasteiger partial charge < -0.3 is 4.74 Å². The minimum atomic E-state index is -0.850. The van der Waals surface area contributed by atoms with Crippen LogP contribution in [0.25, 0.3) is 28.0 Å². The molecule has 158 valence electrons. The summed E-state index contributed by atoms with van der Waals surface area (Å²) >= 11 is 5.92. The Morgan fingerprint density at radius 1 is 0.906 bits per heavy atom. The minimum absolute atomic E-state index is 0.0317. The van der Waals surface area contributed by atoms with E-state index in [2.05, 4.69) is 15.1 Å². The number of ether oxygens (including phenoxy) is 1. The van der Waals surface area contributed by atoms with Crippen molar-refractivity contribution in [2.24, 2.45) is 0 Å². The van der Waals surface area contributed by atoms with Crippen molar-refractivity contribution in [3.63, 3.8) is 0 Å². The first-order valence-electron chi connectivity index (χ1n) is 9.71. The van der Waals surface area contributed by atoms with Crippen LogP contribution in [0.1, 0.15) is 5.56 Å². The normalized spacial score (nSPS) is 11.1. The summed E-state index contributed by atoms with van der Waals surface area (Å²) in [5.41, 5.74) is 2.32. The molecule has 5 aromatic rings. The lowest BCUT2D eigenvalue weighted by molar-refractivity contribution is 0.275. The summed E-state index contributed by atoms with van der Waals surface area (Å²) in [6.07, 6.45) is 4.40. The molecule has 32 heavy (non-hydrogen) atoms. The first kappa shape index (κ1) is 20.1. The molecule has 0 unspecified atom stereocenters. The van der Waals surface area contributed by atoms with Gasteiger partial charge in [0.2, 0.25) is 0 Å². The number of halogens is 3. The molecule has 2 aromatic heterocycles. The average molecular weight is 449 g/mol. The van der Waals surface area contributed by atoms with Gasteiger partial charge >= 0.3 is 0 Å². The quantitative estimate of drug-likeness (QED) is 0.331.